The monoisotopic (exact) mass is 513 g/mol. The van der Waals surface area contributed by atoms with Gasteiger partial charge in [0, 0.05) is 17.6 Å². The first kappa shape index (κ1) is 24.0. The Morgan fingerprint density at radius 2 is 1.97 bits per heavy atom. The van der Waals surface area contributed by atoms with E-state index in [1.54, 1.807) is 29.9 Å². The SMILES string of the molecule is CC(C(=O)Nc1nc2cc(NC(=O)c3cscn3)ccc2n1CC1CC1)c1cccc(C(F)(F)F)c1. The van der Waals surface area contributed by atoms with E-state index in [1.807, 2.05) is 10.6 Å². The number of anilines is 2. The minimum Gasteiger partial charge on any atom is -0.321 e. The average molecular weight is 514 g/mol. The summed E-state index contributed by atoms with van der Waals surface area (Å²) >= 11 is 1.32. The summed E-state index contributed by atoms with van der Waals surface area (Å²) < 4.78 is 41.3. The van der Waals surface area contributed by atoms with Crippen molar-refractivity contribution in [3.05, 3.63) is 70.2 Å². The van der Waals surface area contributed by atoms with Gasteiger partial charge in [-0.3, -0.25) is 14.9 Å². The molecule has 5 rings (SSSR count). The first-order valence-electron chi connectivity index (χ1n) is 11.4. The van der Waals surface area contributed by atoms with Crippen molar-refractivity contribution in [3.63, 3.8) is 0 Å². The normalized spacial score (nSPS) is 14.6. The van der Waals surface area contributed by atoms with Gasteiger partial charge in [0.25, 0.3) is 5.91 Å². The summed E-state index contributed by atoms with van der Waals surface area (Å²) in [5.41, 5.74) is 3.26. The number of carbonyl (C=O) groups excluding carboxylic acids is 2. The summed E-state index contributed by atoms with van der Waals surface area (Å²) in [6, 6.07) is 10.1. The van der Waals surface area contributed by atoms with E-state index in [0.29, 0.717) is 35.3 Å². The van der Waals surface area contributed by atoms with Gasteiger partial charge in [0.1, 0.15) is 5.69 Å². The maximum Gasteiger partial charge on any atom is 0.416 e. The number of hydrogen-bond acceptors (Lipinski definition) is 5. The van der Waals surface area contributed by atoms with Crippen LogP contribution in [0.4, 0.5) is 24.8 Å². The van der Waals surface area contributed by atoms with Crippen LogP contribution in [0.25, 0.3) is 11.0 Å². The minimum atomic E-state index is -4.49. The number of alkyl halides is 3. The third-order valence-corrected chi connectivity index (χ3v) is 6.74. The highest BCUT2D eigenvalue weighted by Crippen LogP contribution is 2.35. The van der Waals surface area contributed by atoms with E-state index in [0.717, 1.165) is 30.5 Å². The second kappa shape index (κ2) is 9.38. The lowest BCUT2D eigenvalue weighted by molar-refractivity contribution is -0.137. The number of carbonyl (C=O) groups is 2. The molecule has 2 amide bonds. The number of amides is 2. The summed E-state index contributed by atoms with van der Waals surface area (Å²) in [6.07, 6.45) is -2.33. The smallest absolute Gasteiger partial charge is 0.321 e. The van der Waals surface area contributed by atoms with Gasteiger partial charge >= 0.3 is 6.18 Å². The van der Waals surface area contributed by atoms with Gasteiger partial charge in [-0.05, 0) is 55.5 Å². The fourth-order valence-electron chi connectivity index (χ4n) is 3.92. The molecule has 1 aliphatic carbocycles. The molecule has 1 saturated carbocycles. The van der Waals surface area contributed by atoms with E-state index in [9.17, 15) is 22.8 Å². The molecule has 1 aliphatic rings. The Kier molecular flexibility index (Phi) is 6.25. The third-order valence-electron chi connectivity index (χ3n) is 6.15. The number of halogens is 3. The van der Waals surface area contributed by atoms with Crippen LogP contribution in [0.15, 0.2) is 53.4 Å². The highest BCUT2D eigenvalue weighted by molar-refractivity contribution is 7.07. The molecule has 7 nitrogen and oxygen atoms in total. The third kappa shape index (κ3) is 5.11. The summed E-state index contributed by atoms with van der Waals surface area (Å²) in [5, 5.41) is 7.25. The fraction of sp³-hybridized carbons (Fsp3) is 0.280. The first-order chi connectivity index (χ1) is 17.2. The van der Waals surface area contributed by atoms with Crippen molar-refractivity contribution in [3.8, 4) is 0 Å². The molecule has 36 heavy (non-hydrogen) atoms. The number of aromatic nitrogens is 3. The Morgan fingerprint density at radius 3 is 2.67 bits per heavy atom. The van der Waals surface area contributed by atoms with E-state index >= 15 is 0 Å². The molecule has 2 N–H and O–H groups in total. The van der Waals surface area contributed by atoms with Crippen LogP contribution in [0.1, 0.15) is 47.3 Å². The first-order valence-corrected chi connectivity index (χ1v) is 12.3. The lowest BCUT2D eigenvalue weighted by Crippen LogP contribution is -2.22. The number of benzene rings is 2. The van der Waals surface area contributed by atoms with Gasteiger partial charge in [-0.15, -0.1) is 11.3 Å². The molecule has 186 valence electrons. The van der Waals surface area contributed by atoms with Crippen molar-refractivity contribution >= 4 is 45.8 Å². The maximum atomic E-state index is 13.1. The van der Waals surface area contributed by atoms with Crippen molar-refractivity contribution in [2.24, 2.45) is 5.92 Å². The molecule has 2 aromatic heterocycles. The summed E-state index contributed by atoms with van der Waals surface area (Å²) in [5.74, 6) is -0.823. The number of nitrogens with one attached hydrogen (secondary N) is 2. The van der Waals surface area contributed by atoms with Crippen LogP contribution in [-0.2, 0) is 17.5 Å². The Hall–Kier alpha value is -3.73. The average Bonchev–Trinajstić information content (AvgIpc) is 3.36. The highest BCUT2D eigenvalue weighted by Gasteiger charge is 2.31. The van der Waals surface area contributed by atoms with Crippen molar-refractivity contribution in [2.75, 3.05) is 10.6 Å². The molecule has 2 heterocycles. The number of fused-ring (bicyclic) bond motifs is 1. The predicted molar refractivity (Wildman–Crippen MR) is 131 cm³/mol. The van der Waals surface area contributed by atoms with Crippen LogP contribution in [0.5, 0.6) is 0 Å². The van der Waals surface area contributed by atoms with Crippen LogP contribution >= 0.6 is 11.3 Å². The highest BCUT2D eigenvalue weighted by atomic mass is 32.1. The molecule has 1 fully saturated rings. The minimum absolute atomic E-state index is 0.263. The number of hydrogen-bond donors (Lipinski definition) is 2. The van der Waals surface area contributed by atoms with Gasteiger partial charge in [0.15, 0.2) is 0 Å². The zero-order valence-corrected chi connectivity index (χ0v) is 20.0. The maximum absolute atomic E-state index is 13.1. The summed E-state index contributed by atoms with van der Waals surface area (Å²) in [4.78, 5) is 34.0. The summed E-state index contributed by atoms with van der Waals surface area (Å²) in [7, 11) is 0. The van der Waals surface area contributed by atoms with E-state index in [1.165, 1.54) is 23.5 Å². The summed E-state index contributed by atoms with van der Waals surface area (Å²) in [6.45, 7) is 2.22. The van der Waals surface area contributed by atoms with E-state index in [2.05, 4.69) is 20.6 Å². The molecular formula is C25H22F3N5O2S. The molecule has 11 heteroatoms. The molecule has 1 atom stereocenters. The Morgan fingerprint density at radius 1 is 1.17 bits per heavy atom. The topological polar surface area (TPSA) is 88.9 Å². The van der Waals surface area contributed by atoms with Crippen LogP contribution in [0.2, 0.25) is 0 Å². The second-order valence-electron chi connectivity index (χ2n) is 8.85. The molecule has 0 aliphatic heterocycles. The zero-order valence-electron chi connectivity index (χ0n) is 19.2. The molecule has 2 aromatic carbocycles. The molecule has 4 aromatic rings. The number of rotatable bonds is 7. The molecule has 0 saturated heterocycles. The van der Waals surface area contributed by atoms with Crippen molar-refractivity contribution in [1.29, 1.82) is 0 Å². The quantitative estimate of drug-likeness (QED) is 0.321. The van der Waals surface area contributed by atoms with E-state index in [4.69, 9.17) is 0 Å². The predicted octanol–water partition coefficient (Wildman–Crippen LogP) is 5.92. The number of nitrogens with zero attached hydrogens (tertiary/aromatic N) is 3. The number of imidazole rings is 1. The lowest BCUT2D eigenvalue weighted by Gasteiger charge is -2.15. The van der Waals surface area contributed by atoms with Crippen LogP contribution < -0.4 is 10.6 Å². The van der Waals surface area contributed by atoms with Crippen LogP contribution in [0.3, 0.4) is 0 Å². The fourth-order valence-corrected chi connectivity index (χ4v) is 4.45. The van der Waals surface area contributed by atoms with Gasteiger partial charge < -0.3 is 9.88 Å². The lowest BCUT2D eigenvalue weighted by atomic mass is 9.98. The standard InChI is InChI=1S/C25H22F3N5O2S/c1-14(16-3-2-4-17(9-16)25(26,27)28)22(34)32-24-31-19-10-18(30-23(35)20-12-36-13-29-20)7-8-21(19)33(24)11-15-5-6-15/h2-4,7-10,12-15H,5-6,11H2,1H3,(H,30,35)(H,31,32,34). The molecule has 0 bridgehead atoms. The van der Waals surface area contributed by atoms with E-state index < -0.39 is 23.6 Å². The van der Waals surface area contributed by atoms with Gasteiger partial charge in [0.2, 0.25) is 11.9 Å². The van der Waals surface area contributed by atoms with Crippen LogP contribution in [-0.4, -0.2) is 26.3 Å². The van der Waals surface area contributed by atoms with Crippen molar-refractivity contribution in [2.45, 2.75) is 38.4 Å². The van der Waals surface area contributed by atoms with Gasteiger partial charge in [0.05, 0.1) is 28.0 Å². The van der Waals surface area contributed by atoms with Crippen molar-refractivity contribution < 1.29 is 22.8 Å². The van der Waals surface area contributed by atoms with E-state index in [-0.39, 0.29) is 11.5 Å². The number of thiazole rings is 1. The Balaban J connectivity index is 1.40. The molecule has 1 unspecified atom stereocenters. The molecule has 0 radical (unpaired) electrons. The van der Waals surface area contributed by atoms with Gasteiger partial charge in [-0.2, -0.15) is 13.2 Å². The van der Waals surface area contributed by atoms with Crippen molar-refractivity contribution in [1.82, 2.24) is 14.5 Å². The Bertz CT molecular complexity index is 1430. The van der Waals surface area contributed by atoms with Crippen LogP contribution in [0, 0.1) is 5.92 Å². The second-order valence-corrected chi connectivity index (χ2v) is 9.57. The van der Waals surface area contributed by atoms with Gasteiger partial charge in [-0.1, -0.05) is 18.2 Å². The zero-order chi connectivity index (χ0) is 25.4. The molecular weight excluding hydrogens is 491 g/mol. The molecule has 0 spiro atoms. The largest absolute Gasteiger partial charge is 0.416 e. The Labute approximate surface area is 208 Å². The van der Waals surface area contributed by atoms with Gasteiger partial charge in [-0.25, -0.2) is 9.97 Å².